The maximum Gasteiger partial charge on any atom is 0.0616 e. The van der Waals surface area contributed by atoms with E-state index in [1.165, 1.54) is 12.8 Å². The minimum absolute atomic E-state index is 0.468. The number of nitrogens with two attached hydrogens (primary N) is 1. The molecule has 1 aliphatic heterocycles. The van der Waals surface area contributed by atoms with E-state index in [-0.39, 0.29) is 0 Å². The van der Waals surface area contributed by atoms with E-state index in [1.54, 1.807) is 0 Å². The predicted molar refractivity (Wildman–Crippen MR) is 41.8 cm³/mol. The molecule has 0 aromatic rings. The van der Waals surface area contributed by atoms with Crippen LogP contribution >= 0.6 is 0 Å². The molecular formula is C8H17NO. The standard InChI is InChI=1S/C8H17NO/c1-2-7(6-9)8-4-3-5-10-8/h7-8H,2-6,9H2,1H3. The molecule has 10 heavy (non-hydrogen) atoms. The summed E-state index contributed by atoms with van der Waals surface area (Å²) in [5, 5.41) is 0. The third-order valence-electron chi connectivity index (χ3n) is 2.32. The van der Waals surface area contributed by atoms with Gasteiger partial charge in [-0.1, -0.05) is 6.92 Å². The Hall–Kier alpha value is -0.0800. The molecule has 1 aliphatic rings. The summed E-state index contributed by atoms with van der Waals surface area (Å²) < 4.78 is 5.52. The lowest BCUT2D eigenvalue weighted by Crippen LogP contribution is -2.26. The minimum atomic E-state index is 0.468. The van der Waals surface area contributed by atoms with Crippen molar-refractivity contribution in [3.63, 3.8) is 0 Å². The van der Waals surface area contributed by atoms with Crippen LogP contribution in [0.4, 0.5) is 0 Å². The predicted octanol–water partition coefficient (Wildman–Crippen LogP) is 1.15. The molecule has 0 spiro atoms. The van der Waals surface area contributed by atoms with Gasteiger partial charge in [0.25, 0.3) is 0 Å². The van der Waals surface area contributed by atoms with E-state index >= 15 is 0 Å². The molecule has 0 aliphatic carbocycles. The molecule has 0 saturated carbocycles. The Balaban J connectivity index is 2.29. The van der Waals surface area contributed by atoms with Gasteiger partial charge < -0.3 is 10.5 Å². The minimum Gasteiger partial charge on any atom is -0.378 e. The van der Waals surface area contributed by atoms with Crippen molar-refractivity contribution in [1.29, 1.82) is 0 Å². The summed E-state index contributed by atoms with van der Waals surface area (Å²) in [4.78, 5) is 0. The highest BCUT2D eigenvalue weighted by Crippen LogP contribution is 2.21. The SMILES string of the molecule is CCC(CN)C1CCCO1. The van der Waals surface area contributed by atoms with Crippen molar-refractivity contribution >= 4 is 0 Å². The first kappa shape index (κ1) is 8.02. The summed E-state index contributed by atoms with van der Waals surface area (Å²) in [7, 11) is 0. The molecule has 1 heterocycles. The molecule has 0 aromatic heterocycles. The maximum atomic E-state index is 5.58. The number of hydrogen-bond acceptors (Lipinski definition) is 2. The van der Waals surface area contributed by atoms with Gasteiger partial charge in [-0.15, -0.1) is 0 Å². The van der Waals surface area contributed by atoms with Crippen LogP contribution in [0.5, 0.6) is 0 Å². The first-order chi connectivity index (χ1) is 4.88. The molecule has 2 nitrogen and oxygen atoms in total. The van der Waals surface area contributed by atoms with E-state index in [9.17, 15) is 0 Å². The van der Waals surface area contributed by atoms with Crippen LogP contribution in [0.25, 0.3) is 0 Å². The topological polar surface area (TPSA) is 35.2 Å². The Morgan fingerprint density at radius 3 is 2.90 bits per heavy atom. The molecule has 0 bridgehead atoms. The van der Waals surface area contributed by atoms with Crippen molar-refractivity contribution in [2.45, 2.75) is 32.3 Å². The largest absolute Gasteiger partial charge is 0.378 e. The van der Waals surface area contributed by atoms with Crippen LogP contribution in [0.2, 0.25) is 0 Å². The van der Waals surface area contributed by atoms with Gasteiger partial charge >= 0.3 is 0 Å². The molecular weight excluding hydrogens is 126 g/mol. The van der Waals surface area contributed by atoms with Crippen molar-refractivity contribution in [3.05, 3.63) is 0 Å². The van der Waals surface area contributed by atoms with E-state index in [4.69, 9.17) is 10.5 Å². The van der Waals surface area contributed by atoms with Crippen LogP contribution in [0, 0.1) is 5.92 Å². The average molecular weight is 143 g/mol. The van der Waals surface area contributed by atoms with E-state index in [1.807, 2.05) is 0 Å². The third-order valence-corrected chi connectivity index (χ3v) is 2.32. The summed E-state index contributed by atoms with van der Waals surface area (Å²) >= 11 is 0. The highest BCUT2D eigenvalue weighted by atomic mass is 16.5. The normalized spacial score (nSPS) is 28.8. The maximum absolute atomic E-state index is 5.58. The van der Waals surface area contributed by atoms with Crippen molar-refractivity contribution < 1.29 is 4.74 Å². The van der Waals surface area contributed by atoms with Gasteiger partial charge in [0.1, 0.15) is 0 Å². The van der Waals surface area contributed by atoms with Crippen molar-refractivity contribution in [2.75, 3.05) is 13.2 Å². The fourth-order valence-electron chi connectivity index (χ4n) is 1.56. The molecule has 2 heteroatoms. The van der Waals surface area contributed by atoms with E-state index < -0.39 is 0 Å². The van der Waals surface area contributed by atoms with Gasteiger partial charge in [0.15, 0.2) is 0 Å². The number of hydrogen-bond donors (Lipinski definition) is 1. The molecule has 1 fully saturated rings. The van der Waals surface area contributed by atoms with Gasteiger partial charge in [0.2, 0.25) is 0 Å². The van der Waals surface area contributed by atoms with Crippen LogP contribution in [0.15, 0.2) is 0 Å². The highest BCUT2D eigenvalue weighted by Gasteiger charge is 2.22. The average Bonchev–Trinajstić information content (AvgIpc) is 2.43. The van der Waals surface area contributed by atoms with Crippen LogP contribution in [-0.2, 0) is 4.74 Å². The van der Waals surface area contributed by atoms with Crippen LogP contribution < -0.4 is 5.73 Å². The zero-order valence-corrected chi connectivity index (χ0v) is 6.68. The second-order valence-corrected chi connectivity index (χ2v) is 2.96. The number of rotatable bonds is 3. The quantitative estimate of drug-likeness (QED) is 0.643. The Labute approximate surface area is 62.7 Å². The molecule has 2 unspecified atom stereocenters. The summed E-state index contributed by atoms with van der Waals surface area (Å²) in [6, 6.07) is 0. The lowest BCUT2D eigenvalue weighted by molar-refractivity contribution is 0.0645. The molecule has 60 valence electrons. The van der Waals surface area contributed by atoms with Gasteiger partial charge in [-0.05, 0) is 31.7 Å². The summed E-state index contributed by atoms with van der Waals surface area (Å²) in [6.07, 6.45) is 4.06. The highest BCUT2D eigenvalue weighted by molar-refractivity contribution is 4.73. The van der Waals surface area contributed by atoms with Crippen molar-refractivity contribution in [3.8, 4) is 0 Å². The van der Waals surface area contributed by atoms with Gasteiger partial charge in [-0.3, -0.25) is 0 Å². The lowest BCUT2D eigenvalue weighted by Gasteiger charge is -2.18. The molecule has 0 radical (unpaired) electrons. The zero-order valence-electron chi connectivity index (χ0n) is 6.68. The molecule has 0 aromatic carbocycles. The third kappa shape index (κ3) is 1.70. The second-order valence-electron chi connectivity index (χ2n) is 2.96. The first-order valence-corrected chi connectivity index (χ1v) is 4.20. The summed E-state index contributed by atoms with van der Waals surface area (Å²) in [5.41, 5.74) is 5.58. The van der Waals surface area contributed by atoms with E-state index in [0.29, 0.717) is 12.0 Å². The van der Waals surface area contributed by atoms with E-state index in [0.717, 1.165) is 19.6 Å². The Bertz CT molecular complexity index is 85.3. The molecule has 0 amide bonds. The fourth-order valence-corrected chi connectivity index (χ4v) is 1.56. The first-order valence-electron chi connectivity index (χ1n) is 4.20. The van der Waals surface area contributed by atoms with Crippen LogP contribution in [0.3, 0.4) is 0 Å². The molecule has 1 rings (SSSR count). The van der Waals surface area contributed by atoms with Gasteiger partial charge in [0, 0.05) is 6.61 Å². The van der Waals surface area contributed by atoms with Crippen LogP contribution in [-0.4, -0.2) is 19.3 Å². The smallest absolute Gasteiger partial charge is 0.0616 e. The van der Waals surface area contributed by atoms with Gasteiger partial charge in [-0.2, -0.15) is 0 Å². The fraction of sp³-hybridized carbons (Fsp3) is 1.00. The van der Waals surface area contributed by atoms with Gasteiger partial charge in [-0.25, -0.2) is 0 Å². The summed E-state index contributed by atoms with van der Waals surface area (Å²) in [5.74, 6) is 0.600. The Kier molecular flexibility index (Phi) is 3.16. The lowest BCUT2D eigenvalue weighted by atomic mass is 9.98. The summed E-state index contributed by atoms with van der Waals surface area (Å²) in [6.45, 7) is 3.90. The second kappa shape index (κ2) is 3.94. The molecule has 2 N–H and O–H groups in total. The monoisotopic (exact) mass is 143 g/mol. The molecule has 2 atom stereocenters. The van der Waals surface area contributed by atoms with Crippen molar-refractivity contribution in [2.24, 2.45) is 11.7 Å². The van der Waals surface area contributed by atoms with Gasteiger partial charge in [0.05, 0.1) is 6.10 Å². The number of ether oxygens (including phenoxy) is 1. The molecule has 1 saturated heterocycles. The van der Waals surface area contributed by atoms with Crippen molar-refractivity contribution in [1.82, 2.24) is 0 Å². The zero-order chi connectivity index (χ0) is 7.40. The Morgan fingerprint density at radius 1 is 1.70 bits per heavy atom. The van der Waals surface area contributed by atoms with Crippen LogP contribution in [0.1, 0.15) is 26.2 Å². The van der Waals surface area contributed by atoms with E-state index in [2.05, 4.69) is 6.92 Å². The Morgan fingerprint density at radius 2 is 2.50 bits per heavy atom.